The van der Waals surface area contributed by atoms with Crippen LogP contribution in [0.5, 0.6) is 0 Å². The van der Waals surface area contributed by atoms with E-state index in [4.69, 9.17) is 5.73 Å². The first-order chi connectivity index (χ1) is 8.18. The molecule has 1 aliphatic rings. The lowest BCUT2D eigenvalue weighted by Gasteiger charge is -2.24. The third kappa shape index (κ3) is 3.10. The largest absolute Gasteiger partial charge is 0.324 e. The number of hydrogen-bond donors (Lipinski definition) is 1. The molecule has 0 aromatic heterocycles. The Morgan fingerprint density at radius 1 is 1.06 bits per heavy atom. The Morgan fingerprint density at radius 3 is 2.29 bits per heavy atom. The van der Waals surface area contributed by atoms with Gasteiger partial charge in [-0.3, -0.25) is 0 Å². The molecule has 1 nitrogen and oxygen atoms in total. The van der Waals surface area contributed by atoms with E-state index in [9.17, 15) is 0 Å². The van der Waals surface area contributed by atoms with Crippen LogP contribution in [-0.4, -0.2) is 0 Å². The summed E-state index contributed by atoms with van der Waals surface area (Å²) in [5.41, 5.74) is 10.5. The van der Waals surface area contributed by atoms with Gasteiger partial charge in [0.25, 0.3) is 0 Å². The maximum absolute atomic E-state index is 6.49. The van der Waals surface area contributed by atoms with Crippen molar-refractivity contribution in [3.8, 4) is 0 Å². The summed E-state index contributed by atoms with van der Waals surface area (Å²) in [4.78, 5) is 0. The Hall–Kier alpha value is -0.820. The average Bonchev–Trinajstić information content (AvgIpc) is 2.56. The standard InChI is InChI=1S/C16H25N/c1-12-9-10-15(13(2)11-12)16(17)14-7-5-3-4-6-8-14/h9-11,14,16H,3-8,17H2,1-2H3. The predicted octanol–water partition coefficient (Wildman–Crippen LogP) is 4.27. The highest BCUT2D eigenvalue weighted by Gasteiger charge is 2.21. The minimum atomic E-state index is 0.244. The van der Waals surface area contributed by atoms with Crippen LogP contribution in [0.2, 0.25) is 0 Å². The molecule has 17 heavy (non-hydrogen) atoms. The van der Waals surface area contributed by atoms with Gasteiger partial charge in [0.15, 0.2) is 0 Å². The van der Waals surface area contributed by atoms with E-state index in [1.807, 2.05) is 0 Å². The molecule has 1 aromatic rings. The number of rotatable bonds is 2. The van der Waals surface area contributed by atoms with Gasteiger partial charge in [0.05, 0.1) is 0 Å². The monoisotopic (exact) mass is 231 g/mol. The van der Waals surface area contributed by atoms with Crippen molar-refractivity contribution in [1.82, 2.24) is 0 Å². The maximum Gasteiger partial charge on any atom is 0.0326 e. The molecule has 0 spiro atoms. The molecule has 0 saturated heterocycles. The highest BCUT2D eigenvalue weighted by molar-refractivity contribution is 5.33. The Bertz CT molecular complexity index is 362. The summed E-state index contributed by atoms with van der Waals surface area (Å²) in [5, 5.41) is 0. The molecule has 1 atom stereocenters. The number of aryl methyl sites for hydroxylation is 2. The van der Waals surface area contributed by atoms with Crippen LogP contribution in [-0.2, 0) is 0 Å². The van der Waals surface area contributed by atoms with Crippen LogP contribution in [0.4, 0.5) is 0 Å². The molecule has 1 saturated carbocycles. The number of nitrogens with two attached hydrogens (primary N) is 1. The normalized spacial score (nSPS) is 19.9. The van der Waals surface area contributed by atoms with Crippen molar-refractivity contribution < 1.29 is 0 Å². The van der Waals surface area contributed by atoms with Crippen molar-refractivity contribution in [3.63, 3.8) is 0 Å². The van der Waals surface area contributed by atoms with Gasteiger partial charge in [-0.2, -0.15) is 0 Å². The summed E-state index contributed by atoms with van der Waals surface area (Å²) in [7, 11) is 0. The van der Waals surface area contributed by atoms with E-state index in [1.54, 1.807) is 0 Å². The number of hydrogen-bond acceptors (Lipinski definition) is 1. The fourth-order valence-corrected chi connectivity index (χ4v) is 3.12. The molecule has 0 bridgehead atoms. The summed E-state index contributed by atoms with van der Waals surface area (Å²) in [5.74, 6) is 0.693. The quantitative estimate of drug-likeness (QED) is 0.756. The summed E-state index contributed by atoms with van der Waals surface area (Å²) in [6, 6.07) is 6.93. The second kappa shape index (κ2) is 5.68. The zero-order chi connectivity index (χ0) is 12.3. The fourth-order valence-electron chi connectivity index (χ4n) is 3.12. The highest BCUT2D eigenvalue weighted by atomic mass is 14.7. The van der Waals surface area contributed by atoms with Crippen LogP contribution < -0.4 is 5.73 Å². The van der Waals surface area contributed by atoms with Crippen LogP contribution in [0.25, 0.3) is 0 Å². The molecule has 1 fully saturated rings. The van der Waals surface area contributed by atoms with E-state index in [0.717, 1.165) is 0 Å². The van der Waals surface area contributed by atoms with Crippen molar-refractivity contribution >= 4 is 0 Å². The summed E-state index contributed by atoms with van der Waals surface area (Å²) in [6.45, 7) is 4.34. The van der Waals surface area contributed by atoms with Crippen LogP contribution in [0.1, 0.15) is 61.3 Å². The minimum Gasteiger partial charge on any atom is -0.324 e. The topological polar surface area (TPSA) is 26.0 Å². The van der Waals surface area contributed by atoms with E-state index in [0.29, 0.717) is 5.92 Å². The van der Waals surface area contributed by atoms with Crippen LogP contribution in [0, 0.1) is 19.8 Å². The summed E-state index contributed by atoms with van der Waals surface area (Å²) >= 11 is 0. The molecule has 0 radical (unpaired) electrons. The van der Waals surface area contributed by atoms with Crippen molar-refractivity contribution in [3.05, 3.63) is 34.9 Å². The third-order valence-electron chi connectivity index (χ3n) is 4.19. The molecular formula is C16H25N. The molecule has 0 amide bonds. The van der Waals surface area contributed by atoms with Crippen molar-refractivity contribution in [2.45, 2.75) is 58.4 Å². The summed E-state index contributed by atoms with van der Waals surface area (Å²) < 4.78 is 0. The maximum atomic E-state index is 6.49. The zero-order valence-electron chi connectivity index (χ0n) is 11.2. The Labute approximate surface area is 105 Å². The van der Waals surface area contributed by atoms with Gasteiger partial charge in [0.2, 0.25) is 0 Å². The van der Waals surface area contributed by atoms with Gasteiger partial charge in [0, 0.05) is 6.04 Å². The Morgan fingerprint density at radius 2 is 1.71 bits per heavy atom. The number of benzene rings is 1. The van der Waals surface area contributed by atoms with Gasteiger partial charge in [-0.05, 0) is 43.7 Å². The molecule has 2 rings (SSSR count). The average molecular weight is 231 g/mol. The van der Waals surface area contributed by atoms with Crippen LogP contribution >= 0.6 is 0 Å². The first-order valence-electron chi connectivity index (χ1n) is 7.01. The molecule has 1 aromatic carbocycles. The van der Waals surface area contributed by atoms with E-state index in [2.05, 4.69) is 32.0 Å². The molecule has 2 N–H and O–H groups in total. The van der Waals surface area contributed by atoms with Crippen molar-refractivity contribution in [2.75, 3.05) is 0 Å². The summed E-state index contributed by atoms with van der Waals surface area (Å²) in [6.07, 6.45) is 8.15. The molecule has 94 valence electrons. The van der Waals surface area contributed by atoms with Crippen LogP contribution in [0.15, 0.2) is 18.2 Å². The van der Waals surface area contributed by atoms with Gasteiger partial charge in [-0.25, -0.2) is 0 Å². The molecule has 0 aliphatic heterocycles. The van der Waals surface area contributed by atoms with Crippen molar-refractivity contribution in [1.29, 1.82) is 0 Å². The lowest BCUT2D eigenvalue weighted by Crippen LogP contribution is -2.22. The van der Waals surface area contributed by atoms with Gasteiger partial charge in [-0.15, -0.1) is 0 Å². The van der Waals surface area contributed by atoms with E-state index >= 15 is 0 Å². The minimum absolute atomic E-state index is 0.244. The molecular weight excluding hydrogens is 206 g/mol. The smallest absolute Gasteiger partial charge is 0.0326 e. The SMILES string of the molecule is Cc1ccc(C(N)C2CCCCCC2)c(C)c1. The van der Waals surface area contributed by atoms with E-state index < -0.39 is 0 Å². The zero-order valence-corrected chi connectivity index (χ0v) is 11.2. The molecule has 0 heterocycles. The first kappa shape index (κ1) is 12.6. The Balaban J connectivity index is 2.14. The van der Waals surface area contributed by atoms with Gasteiger partial charge in [0.1, 0.15) is 0 Å². The second-order valence-electron chi connectivity index (χ2n) is 5.64. The van der Waals surface area contributed by atoms with Crippen molar-refractivity contribution in [2.24, 2.45) is 11.7 Å². The molecule has 1 heteroatoms. The lowest BCUT2D eigenvalue weighted by molar-refractivity contribution is 0.381. The van der Waals surface area contributed by atoms with Crippen LogP contribution in [0.3, 0.4) is 0 Å². The predicted molar refractivity (Wildman–Crippen MR) is 74.0 cm³/mol. The third-order valence-corrected chi connectivity index (χ3v) is 4.19. The highest BCUT2D eigenvalue weighted by Crippen LogP contribution is 2.33. The first-order valence-corrected chi connectivity index (χ1v) is 7.01. The Kier molecular flexibility index (Phi) is 4.22. The molecule has 1 aliphatic carbocycles. The van der Waals surface area contributed by atoms with Gasteiger partial charge >= 0.3 is 0 Å². The lowest BCUT2D eigenvalue weighted by atomic mass is 9.85. The fraction of sp³-hybridized carbons (Fsp3) is 0.625. The van der Waals surface area contributed by atoms with E-state index in [-0.39, 0.29) is 6.04 Å². The second-order valence-corrected chi connectivity index (χ2v) is 5.64. The van der Waals surface area contributed by atoms with Gasteiger partial charge < -0.3 is 5.73 Å². The van der Waals surface area contributed by atoms with E-state index in [1.165, 1.54) is 55.2 Å². The van der Waals surface area contributed by atoms with Gasteiger partial charge in [-0.1, -0.05) is 49.4 Å². The molecule has 1 unspecified atom stereocenters.